The number of aryl methyl sites for hydroxylation is 2. The summed E-state index contributed by atoms with van der Waals surface area (Å²) in [6.45, 7) is 4.74. The lowest BCUT2D eigenvalue weighted by Crippen LogP contribution is -2.15. The van der Waals surface area contributed by atoms with Gasteiger partial charge in [0.1, 0.15) is 5.82 Å². The summed E-state index contributed by atoms with van der Waals surface area (Å²) in [7, 11) is -3.37. The number of ether oxygens (including phenoxy) is 1. The number of esters is 1. The summed E-state index contributed by atoms with van der Waals surface area (Å²) in [6.07, 6.45) is 1.07. The highest BCUT2D eigenvalue weighted by molar-refractivity contribution is 7.90. The van der Waals surface area contributed by atoms with Gasteiger partial charge in [0.15, 0.2) is 16.4 Å². The lowest BCUT2D eigenvalue weighted by atomic mass is 10.1. The number of sulfone groups is 1. The molecule has 8 heteroatoms. The van der Waals surface area contributed by atoms with Crippen LogP contribution in [0.5, 0.6) is 0 Å². The van der Waals surface area contributed by atoms with Crippen LogP contribution in [0, 0.1) is 26.6 Å². The first-order valence-electron chi connectivity index (χ1n) is 9.45. The van der Waals surface area contributed by atoms with Crippen LogP contribution in [-0.2, 0) is 14.6 Å². The second kappa shape index (κ2) is 8.47. The molecule has 0 saturated carbocycles. The third kappa shape index (κ3) is 4.74. The fourth-order valence-corrected chi connectivity index (χ4v) is 3.92. The van der Waals surface area contributed by atoms with Crippen molar-refractivity contribution in [2.24, 2.45) is 0 Å². The Hall–Kier alpha value is -3.26. The minimum Gasteiger partial charge on any atom is -0.454 e. The summed E-state index contributed by atoms with van der Waals surface area (Å²) in [6, 6.07) is 11.8. The number of nitrogens with zero attached hydrogens (tertiary/aromatic N) is 1. The summed E-state index contributed by atoms with van der Waals surface area (Å²) < 4.78 is 43.9. The maximum absolute atomic E-state index is 14.0. The largest absolute Gasteiger partial charge is 0.454 e. The summed E-state index contributed by atoms with van der Waals surface area (Å²) in [5.74, 6) is -1.47. The third-order valence-electron chi connectivity index (χ3n) is 5.00. The number of aromatic nitrogens is 1. The van der Waals surface area contributed by atoms with Crippen molar-refractivity contribution >= 4 is 21.6 Å². The maximum atomic E-state index is 14.0. The number of ketones is 1. The van der Waals surface area contributed by atoms with E-state index in [1.54, 1.807) is 43.5 Å². The molecule has 0 aliphatic carbocycles. The van der Waals surface area contributed by atoms with Crippen molar-refractivity contribution < 1.29 is 27.1 Å². The Morgan fingerprint density at radius 2 is 1.65 bits per heavy atom. The molecule has 1 heterocycles. The van der Waals surface area contributed by atoms with Gasteiger partial charge < -0.3 is 9.30 Å². The highest BCUT2D eigenvalue weighted by Crippen LogP contribution is 2.23. The van der Waals surface area contributed by atoms with Crippen molar-refractivity contribution in [2.75, 3.05) is 12.9 Å². The number of carbonyl (C=O) groups is 2. The maximum Gasteiger partial charge on any atom is 0.338 e. The highest BCUT2D eigenvalue weighted by Gasteiger charge is 2.19. The minimum absolute atomic E-state index is 0.0834. The number of benzene rings is 2. The van der Waals surface area contributed by atoms with Crippen molar-refractivity contribution in [1.29, 1.82) is 0 Å². The van der Waals surface area contributed by atoms with Gasteiger partial charge >= 0.3 is 5.97 Å². The first kappa shape index (κ1) is 22.4. The zero-order valence-electron chi connectivity index (χ0n) is 17.6. The summed E-state index contributed by atoms with van der Waals surface area (Å²) in [5, 5.41) is 0. The Balaban J connectivity index is 1.75. The standard InChI is InChI=1S/C23H22FNO5S/c1-14-5-8-18(12-21(14)24)25-15(2)11-20(16(25)3)22(26)13-30-23(27)17-6-9-19(10-7-17)31(4,28)29/h5-12H,13H2,1-4H3. The molecule has 0 atom stereocenters. The van der Waals surface area contributed by atoms with Gasteiger partial charge in [-0.1, -0.05) is 6.07 Å². The molecule has 0 aliphatic heterocycles. The van der Waals surface area contributed by atoms with E-state index < -0.39 is 28.2 Å². The van der Waals surface area contributed by atoms with Crippen LogP contribution in [0.3, 0.4) is 0 Å². The molecule has 3 rings (SSSR count). The average molecular weight is 443 g/mol. The molecule has 1 aromatic heterocycles. The Labute approximate surface area is 180 Å². The van der Waals surface area contributed by atoms with E-state index in [1.165, 1.54) is 30.3 Å². The molecule has 0 spiro atoms. The van der Waals surface area contributed by atoms with Gasteiger partial charge in [-0.15, -0.1) is 0 Å². The molecular formula is C23H22FNO5S. The summed E-state index contributed by atoms with van der Waals surface area (Å²) in [5.41, 5.74) is 2.99. The molecule has 0 N–H and O–H groups in total. The van der Waals surface area contributed by atoms with Gasteiger partial charge in [0, 0.05) is 28.9 Å². The van der Waals surface area contributed by atoms with Gasteiger partial charge in [-0.25, -0.2) is 17.6 Å². The van der Waals surface area contributed by atoms with E-state index in [2.05, 4.69) is 0 Å². The van der Waals surface area contributed by atoms with E-state index in [0.717, 1.165) is 11.9 Å². The first-order chi connectivity index (χ1) is 14.5. The van der Waals surface area contributed by atoms with Gasteiger partial charge in [0.05, 0.1) is 10.5 Å². The van der Waals surface area contributed by atoms with E-state index in [-0.39, 0.29) is 16.3 Å². The fraction of sp³-hybridized carbons (Fsp3) is 0.217. The smallest absolute Gasteiger partial charge is 0.338 e. The highest BCUT2D eigenvalue weighted by atomic mass is 32.2. The molecule has 6 nitrogen and oxygen atoms in total. The van der Waals surface area contributed by atoms with Crippen LogP contribution in [0.25, 0.3) is 5.69 Å². The van der Waals surface area contributed by atoms with Crippen molar-refractivity contribution in [3.8, 4) is 5.69 Å². The molecule has 0 radical (unpaired) electrons. The van der Waals surface area contributed by atoms with Crippen molar-refractivity contribution in [3.63, 3.8) is 0 Å². The molecule has 0 unspecified atom stereocenters. The van der Waals surface area contributed by atoms with Crippen molar-refractivity contribution in [3.05, 3.63) is 82.4 Å². The average Bonchev–Trinajstić information content (AvgIpc) is 3.01. The topological polar surface area (TPSA) is 82.4 Å². The predicted octanol–water partition coefficient (Wildman–Crippen LogP) is 3.98. The fourth-order valence-electron chi connectivity index (χ4n) is 3.29. The molecular weight excluding hydrogens is 421 g/mol. The van der Waals surface area contributed by atoms with E-state index >= 15 is 0 Å². The number of carbonyl (C=O) groups excluding carboxylic acids is 2. The zero-order chi connectivity index (χ0) is 22.9. The molecule has 162 valence electrons. The Bertz CT molecular complexity index is 1270. The van der Waals surface area contributed by atoms with Crippen LogP contribution in [0.4, 0.5) is 4.39 Å². The number of Topliss-reactive ketones (excluding diaryl/α,β-unsaturated/α-hetero) is 1. The molecule has 0 amide bonds. The van der Waals surface area contributed by atoms with Gasteiger partial charge in [0.2, 0.25) is 5.78 Å². The van der Waals surface area contributed by atoms with Crippen molar-refractivity contribution in [1.82, 2.24) is 4.57 Å². The second-order valence-electron chi connectivity index (χ2n) is 7.35. The van der Waals surface area contributed by atoms with Gasteiger partial charge in [-0.05, 0) is 68.8 Å². The molecule has 2 aromatic carbocycles. The van der Waals surface area contributed by atoms with E-state index in [4.69, 9.17) is 4.74 Å². The summed E-state index contributed by atoms with van der Waals surface area (Å²) >= 11 is 0. The third-order valence-corrected chi connectivity index (χ3v) is 6.13. The summed E-state index contributed by atoms with van der Waals surface area (Å²) in [4.78, 5) is 25.0. The number of hydrogen-bond acceptors (Lipinski definition) is 5. The lowest BCUT2D eigenvalue weighted by molar-refractivity contribution is 0.0474. The molecule has 0 bridgehead atoms. The molecule has 3 aromatic rings. The van der Waals surface area contributed by atoms with Crippen LogP contribution in [0.1, 0.15) is 37.7 Å². The van der Waals surface area contributed by atoms with E-state index in [1.807, 2.05) is 0 Å². The second-order valence-corrected chi connectivity index (χ2v) is 9.37. The number of rotatable bonds is 6. The van der Waals surface area contributed by atoms with Crippen LogP contribution >= 0.6 is 0 Å². The molecule has 0 fully saturated rings. The van der Waals surface area contributed by atoms with Crippen LogP contribution in [0.15, 0.2) is 53.4 Å². The SMILES string of the molecule is Cc1ccc(-n2c(C)cc(C(=O)COC(=O)c3ccc(S(C)(=O)=O)cc3)c2C)cc1F. The number of halogens is 1. The lowest BCUT2D eigenvalue weighted by Gasteiger charge is -2.11. The molecule has 31 heavy (non-hydrogen) atoms. The quantitative estimate of drug-likeness (QED) is 0.425. The minimum atomic E-state index is -3.37. The van der Waals surface area contributed by atoms with Crippen molar-refractivity contribution in [2.45, 2.75) is 25.7 Å². The predicted molar refractivity (Wildman–Crippen MR) is 114 cm³/mol. The Morgan fingerprint density at radius 1 is 1.00 bits per heavy atom. The monoisotopic (exact) mass is 443 g/mol. The van der Waals surface area contributed by atoms with Crippen LogP contribution in [0.2, 0.25) is 0 Å². The normalized spacial score (nSPS) is 11.4. The van der Waals surface area contributed by atoms with E-state index in [9.17, 15) is 22.4 Å². The van der Waals surface area contributed by atoms with E-state index in [0.29, 0.717) is 22.5 Å². The Kier molecular flexibility index (Phi) is 6.13. The zero-order valence-corrected chi connectivity index (χ0v) is 18.4. The molecule has 0 aliphatic rings. The van der Waals surface area contributed by atoms with Gasteiger partial charge in [-0.2, -0.15) is 0 Å². The van der Waals surface area contributed by atoms with Crippen LogP contribution < -0.4 is 0 Å². The molecule has 0 saturated heterocycles. The first-order valence-corrected chi connectivity index (χ1v) is 11.3. The van der Waals surface area contributed by atoms with Gasteiger partial charge in [-0.3, -0.25) is 4.79 Å². The number of hydrogen-bond donors (Lipinski definition) is 0. The van der Waals surface area contributed by atoms with Crippen LogP contribution in [-0.4, -0.2) is 37.6 Å². The Morgan fingerprint density at radius 3 is 2.23 bits per heavy atom. The van der Waals surface area contributed by atoms with Gasteiger partial charge in [0.25, 0.3) is 0 Å².